The first-order valence-electron chi connectivity index (χ1n) is 40.2. The third kappa shape index (κ3) is 70.9. The van der Waals surface area contributed by atoms with Crippen LogP contribution in [0.1, 0.15) is 396 Å². The fraction of sp³-hybridized carbons (Fsp3) is 0.949. The van der Waals surface area contributed by atoms with Crippen LogP contribution in [0.3, 0.4) is 0 Å². The molecule has 0 rings (SSSR count). The normalized spacial score (nSPS) is 14.4. The quantitative estimate of drug-likeness (QED) is 0.0222. The van der Waals surface area contributed by atoms with Crippen molar-refractivity contribution in [3.05, 3.63) is 0 Å². The first-order valence-corrected chi connectivity index (χ1v) is 43.2. The molecule has 3 N–H and O–H groups in total. The fourth-order valence-corrected chi connectivity index (χ4v) is 13.5. The molecule has 0 amide bonds. The van der Waals surface area contributed by atoms with Crippen LogP contribution in [0.4, 0.5) is 0 Å². The lowest BCUT2D eigenvalue weighted by Gasteiger charge is -2.21. The molecule has 0 saturated carbocycles. The van der Waals surface area contributed by atoms with E-state index < -0.39 is 97.5 Å². The summed E-state index contributed by atoms with van der Waals surface area (Å²) in [5.41, 5.74) is 0. The van der Waals surface area contributed by atoms with E-state index in [1.54, 1.807) is 0 Å². The maximum atomic E-state index is 13.1. The van der Waals surface area contributed by atoms with E-state index in [1.807, 2.05) is 0 Å². The molecule has 0 spiro atoms. The van der Waals surface area contributed by atoms with Gasteiger partial charge in [-0.05, 0) is 49.4 Å². The van der Waals surface area contributed by atoms with E-state index in [0.29, 0.717) is 31.6 Å². The third-order valence-electron chi connectivity index (χ3n) is 18.4. The summed E-state index contributed by atoms with van der Waals surface area (Å²) in [7, 11) is -9.91. The zero-order valence-electron chi connectivity index (χ0n) is 63.7. The van der Waals surface area contributed by atoms with Crippen LogP contribution in [0.25, 0.3) is 0 Å². The number of aliphatic hydroxyl groups excluding tert-OH is 1. The highest BCUT2D eigenvalue weighted by atomic mass is 31.2. The molecule has 0 saturated heterocycles. The predicted molar refractivity (Wildman–Crippen MR) is 395 cm³/mol. The molecule has 0 heterocycles. The molecule has 0 fully saturated rings. The predicted octanol–water partition coefficient (Wildman–Crippen LogP) is 22.8. The van der Waals surface area contributed by atoms with Gasteiger partial charge in [0.05, 0.1) is 26.4 Å². The number of phosphoric acid groups is 2. The maximum absolute atomic E-state index is 13.1. The molecule has 0 radical (unpaired) electrons. The van der Waals surface area contributed by atoms with Gasteiger partial charge in [-0.3, -0.25) is 37.3 Å². The van der Waals surface area contributed by atoms with Gasteiger partial charge in [0.15, 0.2) is 12.2 Å². The average Bonchev–Trinajstić information content (AvgIpc) is 1.34. The van der Waals surface area contributed by atoms with Crippen molar-refractivity contribution in [1.82, 2.24) is 0 Å². The Morgan fingerprint density at radius 1 is 0.289 bits per heavy atom. The molecule has 0 aliphatic carbocycles. The Labute approximate surface area is 594 Å². The first-order chi connectivity index (χ1) is 46.6. The SMILES string of the molecule is CCC(C)CCCCCCCCCCCCCCCCCCCCC(=O)OC[C@H](COP(=O)(O)OCC(O)COP(=O)(O)OC[C@@H](COC(=O)CCCCCCCCCC(C)C)OC(=O)CCCCCCCCCCCCCC(C)C)OC(=O)CCCCCCCCCCC(C)C. The van der Waals surface area contributed by atoms with Crippen molar-refractivity contribution in [3.63, 3.8) is 0 Å². The van der Waals surface area contributed by atoms with Crippen LogP contribution in [0.5, 0.6) is 0 Å². The summed E-state index contributed by atoms with van der Waals surface area (Å²) >= 11 is 0. The molecule has 0 bridgehead atoms. The summed E-state index contributed by atoms with van der Waals surface area (Å²) in [4.78, 5) is 72.8. The van der Waals surface area contributed by atoms with Crippen molar-refractivity contribution < 1.29 is 80.2 Å². The van der Waals surface area contributed by atoms with Gasteiger partial charge in [-0.15, -0.1) is 0 Å². The van der Waals surface area contributed by atoms with Crippen molar-refractivity contribution in [2.45, 2.75) is 414 Å². The molecule has 0 aliphatic rings. The molecule has 17 nitrogen and oxygen atoms in total. The number of phosphoric ester groups is 2. The van der Waals surface area contributed by atoms with Gasteiger partial charge in [-0.1, -0.05) is 344 Å². The number of rotatable bonds is 75. The van der Waals surface area contributed by atoms with E-state index in [-0.39, 0.29) is 25.7 Å². The zero-order valence-corrected chi connectivity index (χ0v) is 65.5. The van der Waals surface area contributed by atoms with Crippen LogP contribution in [0, 0.1) is 23.7 Å². The Hall–Kier alpha value is -1.94. The second-order valence-corrected chi connectivity index (χ2v) is 32.7. The van der Waals surface area contributed by atoms with Gasteiger partial charge in [-0.2, -0.15) is 0 Å². The highest BCUT2D eigenvalue weighted by molar-refractivity contribution is 7.47. The first kappa shape index (κ1) is 95.1. The van der Waals surface area contributed by atoms with E-state index in [4.69, 9.17) is 37.0 Å². The summed E-state index contributed by atoms with van der Waals surface area (Å²) in [5.74, 6) is 0.940. The van der Waals surface area contributed by atoms with Crippen molar-refractivity contribution in [2.75, 3.05) is 39.6 Å². The van der Waals surface area contributed by atoms with E-state index in [9.17, 15) is 43.2 Å². The van der Waals surface area contributed by atoms with Gasteiger partial charge in [0.1, 0.15) is 19.3 Å². The van der Waals surface area contributed by atoms with Gasteiger partial charge >= 0.3 is 39.5 Å². The Morgan fingerprint density at radius 2 is 0.495 bits per heavy atom. The second kappa shape index (κ2) is 67.2. The molecule has 0 aliphatic heterocycles. The van der Waals surface area contributed by atoms with Crippen LogP contribution in [-0.4, -0.2) is 96.7 Å². The van der Waals surface area contributed by atoms with E-state index in [2.05, 4.69) is 55.4 Å². The molecular weight excluding hydrogens is 1270 g/mol. The van der Waals surface area contributed by atoms with Gasteiger partial charge in [0, 0.05) is 25.7 Å². The molecular formula is C78H152O17P2. The lowest BCUT2D eigenvalue weighted by molar-refractivity contribution is -0.161. The molecule has 97 heavy (non-hydrogen) atoms. The van der Waals surface area contributed by atoms with Gasteiger partial charge < -0.3 is 33.8 Å². The number of esters is 4. The number of aliphatic hydroxyl groups is 1. The Kier molecular flexibility index (Phi) is 65.9. The summed E-state index contributed by atoms with van der Waals surface area (Å²) in [6.07, 6.45) is 53.0. The summed E-state index contributed by atoms with van der Waals surface area (Å²) in [6, 6.07) is 0. The third-order valence-corrected chi connectivity index (χ3v) is 20.3. The largest absolute Gasteiger partial charge is 0.472 e. The van der Waals surface area contributed by atoms with E-state index in [1.165, 1.54) is 193 Å². The molecule has 4 unspecified atom stereocenters. The topological polar surface area (TPSA) is 237 Å². The highest BCUT2D eigenvalue weighted by Crippen LogP contribution is 2.45. The van der Waals surface area contributed by atoms with Crippen LogP contribution >= 0.6 is 15.6 Å². The molecule has 576 valence electrons. The smallest absolute Gasteiger partial charge is 0.462 e. The Bertz CT molecular complexity index is 1900. The van der Waals surface area contributed by atoms with Crippen molar-refractivity contribution in [3.8, 4) is 0 Å². The lowest BCUT2D eigenvalue weighted by atomic mass is 9.99. The number of hydrogen-bond donors (Lipinski definition) is 3. The zero-order chi connectivity index (χ0) is 71.7. The number of unbranched alkanes of at least 4 members (excludes halogenated alkanes) is 40. The maximum Gasteiger partial charge on any atom is 0.472 e. The molecule has 6 atom stereocenters. The van der Waals surface area contributed by atoms with Gasteiger partial charge in [0.2, 0.25) is 0 Å². The van der Waals surface area contributed by atoms with Crippen molar-refractivity contribution in [1.29, 1.82) is 0 Å². The number of ether oxygens (including phenoxy) is 4. The van der Waals surface area contributed by atoms with Crippen molar-refractivity contribution in [2.24, 2.45) is 23.7 Å². The number of carbonyl (C=O) groups excluding carboxylic acids is 4. The highest BCUT2D eigenvalue weighted by Gasteiger charge is 2.30. The minimum Gasteiger partial charge on any atom is -0.462 e. The lowest BCUT2D eigenvalue weighted by Crippen LogP contribution is -2.30. The summed E-state index contributed by atoms with van der Waals surface area (Å²) in [6.45, 7) is 14.2. The monoisotopic (exact) mass is 1420 g/mol. The average molecular weight is 1420 g/mol. The molecule has 19 heteroatoms. The Morgan fingerprint density at radius 3 is 0.732 bits per heavy atom. The number of carbonyl (C=O) groups is 4. The van der Waals surface area contributed by atoms with Gasteiger partial charge in [-0.25, -0.2) is 9.13 Å². The second-order valence-electron chi connectivity index (χ2n) is 29.8. The minimum atomic E-state index is -4.96. The van der Waals surface area contributed by atoms with Gasteiger partial charge in [0.25, 0.3) is 0 Å². The summed E-state index contributed by atoms with van der Waals surface area (Å²) in [5, 5.41) is 10.6. The standard InChI is InChI=1S/C78H152O17P2/c1-9-71(8)57-49-41-33-24-20-16-14-12-10-11-13-15-17-21-25-34-42-50-58-75(80)88-64-73(95-78(83)61-53-45-36-28-27-31-39-47-55-69(4)5)66-92-96(84,85)90-62-72(79)63-91-97(86,87)93-67-74(65-89-76(81)59-51-43-37-29-32-40-48-56-70(6)7)94-77(82)60-52-44-35-26-22-18-19-23-30-38-46-54-68(2)3/h68-74,79H,9-67H2,1-8H3,(H,84,85)(H,86,87)/t71?,72?,73-,74-/m1/s1. The molecule has 0 aromatic carbocycles. The Balaban J connectivity index is 5.15. The molecule has 0 aromatic rings. The van der Waals surface area contributed by atoms with E-state index in [0.717, 1.165) is 114 Å². The minimum absolute atomic E-state index is 0.105. The van der Waals surface area contributed by atoms with Crippen molar-refractivity contribution >= 4 is 39.5 Å². The molecule has 0 aromatic heterocycles. The van der Waals surface area contributed by atoms with Crippen LogP contribution in [0.15, 0.2) is 0 Å². The summed E-state index contributed by atoms with van der Waals surface area (Å²) < 4.78 is 68.5. The van der Waals surface area contributed by atoms with Crippen LogP contribution in [-0.2, 0) is 65.4 Å². The number of hydrogen-bond acceptors (Lipinski definition) is 15. The van der Waals surface area contributed by atoms with E-state index >= 15 is 0 Å². The fourth-order valence-electron chi connectivity index (χ4n) is 11.9. The van der Waals surface area contributed by atoms with Crippen LogP contribution < -0.4 is 0 Å². The van der Waals surface area contributed by atoms with Crippen LogP contribution in [0.2, 0.25) is 0 Å².